The maximum absolute atomic E-state index is 3.70. The van der Waals surface area contributed by atoms with Crippen molar-refractivity contribution in [2.45, 2.75) is 6.92 Å². The zero-order valence-electron chi connectivity index (χ0n) is 10.5. The fraction of sp³-hybridized carbons (Fsp3) is 0.333. The largest absolute Gasteiger partial charge is 0.312 e. The monoisotopic (exact) mass is 247 g/mol. The summed E-state index contributed by atoms with van der Waals surface area (Å²) in [6, 6.07) is 10.4. The Hall–Kier alpha value is -0.990. The normalized spacial score (nSPS) is 11.5. The fourth-order valence-electron chi connectivity index (χ4n) is 1.48. The molecule has 0 saturated heterocycles. The molecule has 17 heavy (non-hydrogen) atoms. The lowest BCUT2D eigenvalue weighted by molar-refractivity contribution is 0.785. The van der Waals surface area contributed by atoms with E-state index < -0.39 is 0 Å². The molecule has 1 N–H and O–H groups in total. The highest BCUT2D eigenvalue weighted by molar-refractivity contribution is 7.99. The lowest BCUT2D eigenvalue weighted by Crippen LogP contribution is -2.19. The second kappa shape index (κ2) is 9.08. The average molecular weight is 247 g/mol. The first-order valence-corrected chi connectivity index (χ1v) is 7.10. The molecule has 2 heteroatoms. The lowest BCUT2D eigenvalue weighted by Gasteiger charge is -2.04. The summed E-state index contributed by atoms with van der Waals surface area (Å²) < 4.78 is 0. The van der Waals surface area contributed by atoms with Crippen LogP contribution in [0.2, 0.25) is 0 Å². The van der Waals surface area contributed by atoms with Crippen molar-refractivity contribution in [3.63, 3.8) is 0 Å². The number of nitrogens with one attached hydrogen (secondary N) is 1. The van der Waals surface area contributed by atoms with E-state index in [1.165, 1.54) is 11.1 Å². The SMILES string of the molecule is C=CCSCCNC/C(C)=C\c1ccccc1. The Morgan fingerprint density at radius 3 is 2.82 bits per heavy atom. The summed E-state index contributed by atoms with van der Waals surface area (Å²) in [6.07, 6.45) is 4.18. The molecule has 0 aliphatic carbocycles. The van der Waals surface area contributed by atoms with Gasteiger partial charge in [-0.1, -0.05) is 48.1 Å². The number of hydrogen-bond acceptors (Lipinski definition) is 2. The van der Waals surface area contributed by atoms with Crippen molar-refractivity contribution >= 4 is 17.8 Å². The van der Waals surface area contributed by atoms with Crippen molar-refractivity contribution in [1.82, 2.24) is 5.32 Å². The summed E-state index contributed by atoms with van der Waals surface area (Å²) in [5, 5.41) is 3.44. The minimum absolute atomic E-state index is 0.962. The van der Waals surface area contributed by atoms with Crippen LogP contribution in [0.3, 0.4) is 0 Å². The van der Waals surface area contributed by atoms with Crippen molar-refractivity contribution in [3.05, 3.63) is 54.1 Å². The van der Waals surface area contributed by atoms with Crippen LogP contribution in [-0.4, -0.2) is 24.6 Å². The molecule has 1 nitrogen and oxygen atoms in total. The van der Waals surface area contributed by atoms with Gasteiger partial charge in [-0.25, -0.2) is 0 Å². The Morgan fingerprint density at radius 2 is 2.12 bits per heavy atom. The van der Waals surface area contributed by atoms with Crippen LogP contribution in [0.4, 0.5) is 0 Å². The zero-order chi connectivity index (χ0) is 12.3. The van der Waals surface area contributed by atoms with Gasteiger partial charge in [0.25, 0.3) is 0 Å². The number of benzene rings is 1. The number of thioether (sulfide) groups is 1. The van der Waals surface area contributed by atoms with Gasteiger partial charge in [0.2, 0.25) is 0 Å². The summed E-state index contributed by atoms with van der Waals surface area (Å²) in [5.41, 5.74) is 2.64. The third-order valence-electron chi connectivity index (χ3n) is 2.28. The number of rotatable bonds is 8. The summed E-state index contributed by atoms with van der Waals surface area (Å²) in [7, 11) is 0. The second-order valence-corrected chi connectivity index (χ2v) is 5.09. The van der Waals surface area contributed by atoms with Gasteiger partial charge in [0.1, 0.15) is 0 Å². The molecule has 0 radical (unpaired) electrons. The van der Waals surface area contributed by atoms with E-state index >= 15 is 0 Å². The molecule has 0 spiro atoms. The third kappa shape index (κ3) is 7.03. The van der Waals surface area contributed by atoms with E-state index in [0.29, 0.717) is 0 Å². The van der Waals surface area contributed by atoms with Gasteiger partial charge in [0.15, 0.2) is 0 Å². The van der Waals surface area contributed by atoms with Crippen LogP contribution in [-0.2, 0) is 0 Å². The Bertz CT molecular complexity index is 343. The molecule has 0 bridgehead atoms. The molecule has 0 atom stereocenters. The van der Waals surface area contributed by atoms with Gasteiger partial charge in [0.05, 0.1) is 0 Å². The molecule has 1 rings (SSSR count). The van der Waals surface area contributed by atoms with Crippen molar-refractivity contribution < 1.29 is 0 Å². The molecule has 0 unspecified atom stereocenters. The quantitative estimate of drug-likeness (QED) is 0.556. The van der Waals surface area contributed by atoms with Gasteiger partial charge in [0, 0.05) is 24.6 Å². The maximum atomic E-state index is 3.70. The van der Waals surface area contributed by atoms with E-state index in [2.05, 4.69) is 49.2 Å². The third-order valence-corrected chi connectivity index (χ3v) is 3.24. The predicted molar refractivity (Wildman–Crippen MR) is 80.5 cm³/mol. The van der Waals surface area contributed by atoms with Gasteiger partial charge in [-0.2, -0.15) is 11.8 Å². The van der Waals surface area contributed by atoms with E-state index in [4.69, 9.17) is 0 Å². The second-order valence-electron chi connectivity index (χ2n) is 3.94. The smallest absolute Gasteiger partial charge is 0.0165 e. The van der Waals surface area contributed by atoms with Crippen molar-refractivity contribution in [2.75, 3.05) is 24.6 Å². The van der Waals surface area contributed by atoms with Gasteiger partial charge in [-0.15, -0.1) is 6.58 Å². The van der Waals surface area contributed by atoms with E-state index in [-0.39, 0.29) is 0 Å². The van der Waals surface area contributed by atoms with Gasteiger partial charge in [-0.05, 0) is 12.5 Å². The molecule has 0 fully saturated rings. The van der Waals surface area contributed by atoms with Crippen LogP contribution in [0.1, 0.15) is 12.5 Å². The minimum Gasteiger partial charge on any atom is -0.312 e. The molecule has 92 valence electrons. The van der Waals surface area contributed by atoms with Crippen LogP contribution >= 0.6 is 11.8 Å². The molecule has 0 aliphatic rings. The highest BCUT2D eigenvalue weighted by atomic mass is 32.2. The summed E-state index contributed by atoms with van der Waals surface area (Å²) in [5.74, 6) is 2.19. The molecule has 0 saturated carbocycles. The van der Waals surface area contributed by atoms with Crippen LogP contribution in [0.15, 0.2) is 48.6 Å². The highest BCUT2D eigenvalue weighted by Crippen LogP contribution is 2.05. The maximum Gasteiger partial charge on any atom is 0.0165 e. The van der Waals surface area contributed by atoms with Gasteiger partial charge >= 0.3 is 0 Å². The topological polar surface area (TPSA) is 12.0 Å². The average Bonchev–Trinajstić information content (AvgIpc) is 2.35. The molecule has 1 aromatic carbocycles. The van der Waals surface area contributed by atoms with Crippen LogP contribution in [0.25, 0.3) is 6.08 Å². The summed E-state index contributed by atoms with van der Waals surface area (Å²) in [4.78, 5) is 0. The Morgan fingerprint density at radius 1 is 1.35 bits per heavy atom. The highest BCUT2D eigenvalue weighted by Gasteiger charge is 1.91. The Labute approximate surface area is 109 Å². The molecule has 0 heterocycles. The first-order chi connectivity index (χ1) is 8.33. The molecule has 0 amide bonds. The fourth-order valence-corrected chi connectivity index (χ4v) is 2.10. The molecule has 0 aliphatic heterocycles. The molecular weight excluding hydrogens is 226 g/mol. The standard InChI is InChI=1S/C15H21NS/c1-3-10-17-11-9-16-13-14(2)12-15-7-5-4-6-8-15/h3-8,12,16H,1,9-11,13H2,2H3/b14-12-. The first kappa shape index (κ1) is 14.1. The molecular formula is C15H21NS. The Kier molecular flexibility index (Phi) is 7.52. The van der Waals surface area contributed by atoms with E-state index in [1.807, 2.05) is 23.9 Å². The Balaban J connectivity index is 2.18. The summed E-state index contributed by atoms with van der Waals surface area (Å²) in [6.45, 7) is 7.88. The molecule has 1 aromatic rings. The zero-order valence-corrected chi connectivity index (χ0v) is 11.3. The minimum atomic E-state index is 0.962. The predicted octanol–water partition coefficient (Wildman–Crippen LogP) is 3.60. The van der Waals surface area contributed by atoms with Gasteiger partial charge in [-0.3, -0.25) is 0 Å². The van der Waals surface area contributed by atoms with Crippen LogP contribution < -0.4 is 5.32 Å². The molecule has 0 aromatic heterocycles. The van der Waals surface area contributed by atoms with Crippen molar-refractivity contribution in [2.24, 2.45) is 0 Å². The van der Waals surface area contributed by atoms with Crippen LogP contribution in [0.5, 0.6) is 0 Å². The van der Waals surface area contributed by atoms with E-state index in [9.17, 15) is 0 Å². The van der Waals surface area contributed by atoms with Crippen molar-refractivity contribution in [1.29, 1.82) is 0 Å². The van der Waals surface area contributed by atoms with Gasteiger partial charge < -0.3 is 5.32 Å². The number of hydrogen-bond donors (Lipinski definition) is 1. The van der Waals surface area contributed by atoms with E-state index in [0.717, 1.165) is 24.6 Å². The summed E-state index contributed by atoms with van der Waals surface area (Å²) >= 11 is 1.91. The van der Waals surface area contributed by atoms with Crippen molar-refractivity contribution in [3.8, 4) is 0 Å². The first-order valence-electron chi connectivity index (χ1n) is 5.94. The lowest BCUT2D eigenvalue weighted by atomic mass is 10.1. The van der Waals surface area contributed by atoms with Crippen LogP contribution in [0, 0.1) is 0 Å². The van der Waals surface area contributed by atoms with E-state index in [1.54, 1.807) is 0 Å².